The number of hydrogen-bond donors (Lipinski definition) is 1. The molecule has 1 aromatic carbocycles. The molecule has 2 saturated heterocycles. The molecular weight excluding hydrogens is 196 g/mol. The Morgan fingerprint density at radius 2 is 1.38 bits per heavy atom. The molecule has 2 nitrogen and oxygen atoms in total. The van der Waals surface area contributed by atoms with E-state index >= 15 is 0 Å². The highest BCUT2D eigenvalue weighted by atomic mass is 15.1. The molecule has 3 fully saturated rings. The number of nitrogens with zero attached hydrogens (tertiary/aromatic N) is 1. The molecule has 1 saturated carbocycles. The summed E-state index contributed by atoms with van der Waals surface area (Å²) in [4.78, 5) is 2.56. The van der Waals surface area contributed by atoms with Crippen LogP contribution in [0, 0.1) is 11.8 Å². The highest BCUT2D eigenvalue weighted by Gasteiger charge is 2.29. The van der Waals surface area contributed by atoms with Crippen LogP contribution in [-0.2, 0) is 0 Å². The topological polar surface area (TPSA) is 29.3 Å². The predicted molar refractivity (Wildman–Crippen MR) is 68.5 cm³/mol. The Labute approximate surface area is 97.4 Å². The molecule has 0 unspecified atom stereocenters. The third-order valence-electron chi connectivity index (χ3n) is 4.18. The monoisotopic (exact) mass is 216 g/mol. The number of nitrogen functional groups attached to an aromatic ring is 1. The minimum absolute atomic E-state index is 0.863. The molecule has 1 aliphatic carbocycles. The third-order valence-corrected chi connectivity index (χ3v) is 4.18. The fourth-order valence-corrected chi connectivity index (χ4v) is 3.19. The van der Waals surface area contributed by atoms with E-state index in [0.717, 1.165) is 17.5 Å². The number of nitrogens with two attached hydrogens (primary N) is 1. The van der Waals surface area contributed by atoms with Gasteiger partial charge in [0.05, 0.1) is 0 Å². The molecular formula is C14H20N2. The zero-order valence-corrected chi connectivity index (χ0v) is 9.73. The highest BCUT2D eigenvalue weighted by Crippen LogP contribution is 2.35. The van der Waals surface area contributed by atoms with Gasteiger partial charge < -0.3 is 10.6 Å². The normalized spacial score (nSPS) is 29.1. The van der Waals surface area contributed by atoms with E-state index in [2.05, 4.69) is 17.0 Å². The first-order valence-corrected chi connectivity index (χ1v) is 6.42. The number of rotatable bonds is 1. The van der Waals surface area contributed by atoms with Crippen LogP contribution in [0.15, 0.2) is 24.3 Å². The molecule has 3 aliphatic rings. The van der Waals surface area contributed by atoms with Crippen LogP contribution in [0.5, 0.6) is 0 Å². The van der Waals surface area contributed by atoms with E-state index in [1.54, 1.807) is 0 Å². The van der Waals surface area contributed by atoms with Gasteiger partial charge in [0.25, 0.3) is 0 Å². The maximum atomic E-state index is 5.74. The fourth-order valence-electron chi connectivity index (χ4n) is 3.19. The van der Waals surface area contributed by atoms with E-state index in [4.69, 9.17) is 5.73 Å². The van der Waals surface area contributed by atoms with E-state index < -0.39 is 0 Å². The largest absolute Gasteiger partial charge is 0.399 e. The van der Waals surface area contributed by atoms with Gasteiger partial charge >= 0.3 is 0 Å². The molecule has 0 spiro atoms. The number of hydrogen-bond acceptors (Lipinski definition) is 2. The molecule has 0 radical (unpaired) electrons. The summed E-state index contributed by atoms with van der Waals surface area (Å²) in [5.74, 6) is 1.85. The number of fused-ring (bicyclic) bond motifs is 4. The molecule has 0 amide bonds. The van der Waals surface area contributed by atoms with Gasteiger partial charge in [-0.2, -0.15) is 0 Å². The van der Waals surface area contributed by atoms with Gasteiger partial charge in [0.15, 0.2) is 0 Å². The Kier molecular flexibility index (Phi) is 2.50. The van der Waals surface area contributed by atoms with Gasteiger partial charge in [-0.15, -0.1) is 0 Å². The Morgan fingerprint density at radius 3 is 1.88 bits per heavy atom. The van der Waals surface area contributed by atoms with Crippen molar-refractivity contribution in [1.29, 1.82) is 0 Å². The van der Waals surface area contributed by atoms with Crippen molar-refractivity contribution in [2.75, 3.05) is 23.7 Å². The number of anilines is 2. The Bertz CT molecular complexity index is 336. The molecule has 1 aromatic rings. The summed E-state index contributed by atoms with van der Waals surface area (Å²) in [6.07, 6.45) is 5.76. The third kappa shape index (κ3) is 1.89. The molecule has 2 heteroatoms. The lowest BCUT2D eigenvalue weighted by molar-refractivity contribution is 0.326. The zero-order valence-electron chi connectivity index (χ0n) is 9.73. The van der Waals surface area contributed by atoms with E-state index in [1.807, 2.05) is 12.1 Å². The van der Waals surface area contributed by atoms with Crippen molar-refractivity contribution < 1.29 is 0 Å². The van der Waals surface area contributed by atoms with E-state index in [-0.39, 0.29) is 0 Å². The molecule has 86 valence electrons. The lowest BCUT2D eigenvalue weighted by Crippen LogP contribution is -2.27. The quantitative estimate of drug-likeness (QED) is 0.731. The van der Waals surface area contributed by atoms with Crippen molar-refractivity contribution in [2.24, 2.45) is 11.8 Å². The molecule has 2 N–H and O–H groups in total. The molecule has 0 atom stereocenters. The minimum Gasteiger partial charge on any atom is -0.399 e. The first-order valence-electron chi connectivity index (χ1n) is 6.42. The highest BCUT2D eigenvalue weighted by molar-refractivity contribution is 5.53. The van der Waals surface area contributed by atoms with E-state index in [9.17, 15) is 0 Å². The average Bonchev–Trinajstić information content (AvgIpc) is 2.63. The standard InChI is InChI=1S/C14H20N2/c15-13-5-7-14(8-6-13)16-9-11-1-2-12(10-16)4-3-11/h5-8,11-12H,1-4,9-10,15H2. The van der Waals surface area contributed by atoms with Crippen molar-refractivity contribution in [1.82, 2.24) is 0 Å². The summed E-state index contributed by atoms with van der Waals surface area (Å²) in [6.45, 7) is 2.50. The second-order valence-electron chi connectivity index (χ2n) is 5.38. The molecule has 2 bridgehead atoms. The SMILES string of the molecule is Nc1ccc(N2CC3CCC(CC3)C2)cc1. The average molecular weight is 216 g/mol. The summed E-state index contributed by atoms with van der Waals surface area (Å²) in [6, 6.07) is 8.37. The smallest absolute Gasteiger partial charge is 0.0367 e. The van der Waals surface area contributed by atoms with Crippen LogP contribution >= 0.6 is 0 Å². The van der Waals surface area contributed by atoms with Crippen molar-refractivity contribution >= 4 is 11.4 Å². The maximum absolute atomic E-state index is 5.74. The first-order chi connectivity index (χ1) is 7.81. The van der Waals surface area contributed by atoms with Crippen LogP contribution in [0.1, 0.15) is 25.7 Å². The molecule has 2 heterocycles. The van der Waals surface area contributed by atoms with Gasteiger partial charge in [-0.05, 0) is 61.8 Å². The Hall–Kier alpha value is -1.18. The van der Waals surface area contributed by atoms with Gasteiger partial charge in [0.2, 0.25) is 0 Å². The molecule has 4 rings (SSSR count). The predicted octanol–water partition coefficient (Wildman–Crippen LogP) is 2.90. The van der Waals surface area contributed by atoms with Crippen LogP contribution in [0.2, 0.25) is 0 Å². The maximum Gasteiger partial charge on any atom is 0.0367 e. The summed E-state index contributed by atoms with van der Waals surface area (Å²) >= 11 is 0. The van der Waals surface area contributed by atoms with Gasteiger partial charge in [-0.1, -0.05) is 0 Å². The lowest BCUT2D eigenvalue weighted by atomic mass is 9.84. The van der Waals surface area contributed by atoms with Gasteiger partial charge in [0, 0.05) is 24.5 Å². The van der Waals surface area contributed by atoms with Crippen molar-refractivity contribution in [3.8, 4) is 0 Å². The van der Waals surface area contributed by atoms with Gasteiger partial charge in [-0.25, -0.2) is 0 Å². The summed E-state index contributed by atoms with van der Waals surface area (Å²) < 4.78 is 0. The van der Waals surface area contributed by atoms with Crippen LogP contribution < -0.4 is 10.6 Å². The summed E-state index contributed by atoms with van der Waals surface area (Å²) in [5, 5.41) is 0. The second kappa shape index (κ2) is 4.00. The van der Waals surface area contributed by atoms with Crippen molar-refractivity contribution in [2.45, 2.75) is 25.7 Å². The van der Waals surface area contributed by atoms with Crippen LogP contribution in [0.25, 0.3) is 0 Å². The second-order valence-corrected chi connectivity index (χ2v) is 5.38. The zero-order chi connectivity index (χ0) is 11.0. The first kappa shape index (κ1) is 10.0. The van der Waals surface area contributed by atoms with E-state index in [1.165, 1.54) is 44.5 Å². The van der Waals surface area contributed by atoms with Gasteiger partial charge in [-0.3, -0.25) is 0 Å². The summed E-state index contributed by atoms with van der Waals surface area (Å²) in [5.41, 5.74) is 7.95. The van der Waals surface area contributed by atoms with Crippen LogP contribution in [-0.4, -0.2) is 13.1 Å². The minimum atomic E-state index is 0.863. The van der Waals surface area contributed by atoms with Crippen molar-refractivity contribution in [3.63, 3.8) is 0 Å². The number of benzene rings is 1. The molecule has 0 aromatic heterocycles. The lowest BCUT2D eigenvalue weighted by Gasteiger charge is -2.25. The molecule has 2 aliphatic heterocycles. The van der Waals surface area contributed by atoms with Crippen LogP contribution in [0.4, 0.5) is 11.4 Å². The van der Waals surface area contributed by atoms with Crippen LogP contribution in [0.3, 0.4) is 0 Å². The Balaban J connectivity index is 1.81. The fraction of sp³-hybridized carbons (Fsp3) is 0.571. The van der Waals surface area contributed by atoms with Gasteiger partial charge in [0.1, 0.15) is 0 Å². The van der Waals surface area contributed by atoms with E-state index in [0.29, 0.717) is 0 Å². The molecule has 16 heavy (non-hydrogen) atoms. The summed E-state index contributed by atoms with van der Waals surface area (Å²) in [7, 11) is 0. The van der Waals surface area contributed by atoms with Crippen molar-refractivity contribution in [3.05, 3.63) is 24.3 Å². The Morgan fingerprint density at radius 1 is 0.875 bits per heavy atom.